The van der Waals surface area contributed by atoms with Gasteiger partial charge in [0, 0.05) is 0 Å². The summed E-state index contributed by atoms with van der Waals surface area (Å²) in [4.78, 5) is 3.84. The van der Waals surface area contributed by atoms with Gasteiger partial charge in [0.1, 0.15) is 0 Å². The predicted octanol–water partition coefficient (Wildman–Crippen LogP) is 7.63. The lowest BCUT2D eigenvalue weighted by atomic mass is 10.1. The molecule has 1 aromatic rings. The lowest BCUT2D eigenvalue weighted by Crippen LogP contribution is -2.56. The van der Waals surface area contributed by atoms with E-state index in [2.05, 4.69) is 0 Å². The molecule has 0 saturated carbocycles. The van der Waals surface area contributed by atoms with Crippen molar-refractivity contribution in [2.24, 2.45) is 0 Å². The third kappa shape index (κ3) is 6.02. The zero-order valence-electron chi connectivity index (χ0n) is 17.1. The SMILES string of the molecule is FC(F)=C(F)OC(F)(F)C(F)(F)C(F)(F)c1nc(C(F)(F)F)nc(C(F)(F)C(F)(F)C(F)(F)OC(F)=C(F)F)n1. The Morgan fingerprint density at radius 2 is 0.675 bits per heavy atom. The van der Waals surface area contributed by atoms with Gasteiger partial charge in [-0.2, -0.15) is 92.2 Å². The molecule has 26 heteroatoms. The van der Waals surface area contributed by atoms with Crippen molar-refractivity contribution >= 4 is 0 Å². The number of alkyl halides is 15. The molecule has 0 bridgehead atoms. The molecule has 0 fully saturated rings. The highest BCUT2D eigenvalue weighted by molar-refractivity contribution is 5.15. The summed E-state index contributed by atoms with van der Waals surface area (Å²) in [7, 11) is 0. The minimum absolute atomic E-state index is 1.21. The molecule has 1 heterocycles. The second-order valence-electron chi connectivity index (χ2n) is 6.41. The van der Waals surface area contributed by atoms with E-state index in [1.165, 1.54) is 15.0 Å². The van der Waals surface area contributed by atoms with Gasteiger partial charge in [0.25, 0.3) is 0 Å². The molecule has 0 radical (unpaired) electrons. The minimum Gasteiger partial charge on any atom is -0.397 e. The summed E-state index contributed by atoms with van der Waals surface area (Å²) in [6.07, 6.45) is -29.2. The van der Waals surface area contributed by atoms with Gasteiger partial charge in [0.15, 0.2) is 0 Å². The summed E-state index contributed by atoms with van der Waals surface area (Å²) in [5, 5.41) is 0. The second kappa shape index (κ2) is 10.2. The third-order valence-electron chi connectivity index (χ3n) is 3.70. The molecule has 230 valence electrons. The Hall–Kier alpha value is -3.38. The monoisotopic (exact) mass is 641 g/mol. The van der Waals surface area contributed by atoms with Gasteiger partial charge in [-0.15, -0.1) is 0 Å². The fourth-order valence-electron chi connectivity index (χ4n) is 1.86. The fourth-order valence-corrected chi connectivity index (χ4v) is 1.86. The molecule has 5 nitrogen and oxygen atoms in total. The van der Waals surface area contributed by atoms with Gasteiger partial charge in [0.05, 0.1) is 0 Å². The van der Waals surface area contributed by atoms with Crippen LogP contribution in [-0.2, 0) is 27.5 Å². The molecule has 1 aromatic heterocycles. The van der Waals surface area contributed by atoms with E-state index in [1.54, 1.807) is 0 Å². The third-order valence-corrected chi connectivity index (χ3v) is 3.70. The van der Waals surface area contributed by atoms with Crippen LogP contribution < -0.4 is 0 Å². The quantitative estimate of drug-likeness (QED) is 0.194. The molecular formula is C14F21N3O2. The first-order valence-corrected chi connectivity index (χ1v) is 8.38. The van der Waals surface area contributed by atoms with Crippen molar-refractivity contribution in [1.29, 1.82) is 0 Å². The highest BCUT2D eigenvalue weighted by atomic mass is 19.4. The van der Waals surface area contributed by atoms with Crippen molar-refractivity contribution in [3.05, 3.63) is 41.7 Å². The zero-order valence-corrected chi connectivity index (χ0v) is 17.1. The number of hydrogen-bond donors (Lipinski definition) is 0. The first-order valence-electron chi connectivity index (χ1n) is 8.38. The Kier molecular flexibility index (Phi) is 8.86. The van der Waals surface area contributed by atoms with E-state index in [4.69, 9.17) is 0 Å². The molecule has 0 spiro atoms. The van der Waals surface area contributed by atoms with Gasteiger partial charge in [-0.25, -0.2) is 15.0 Å². The number of rotatable bonds is 10. The minimum atomic E-state index is -7.66. The van der Waals surface area contributed by atoms with Crippen molar-refractivity contribution in [2.45, 2.75) is 42.1 Å². The summed E-state index contributed by atoms with van der Waals surface area (Å²) in [5.41, 5.74) is 0. The van der Waals surface area contributed by atoms with E-state index >= 15 is 0 Å². The predicted molar refractivity (Wildman–Crippen MR) is 75.3 cm³/mol. The van der Waals surface area contributed by atoms with Gasteiger partial charge < -0.3 is 9.47 Å². The summed E-state index contributed by atoms with van der Waals surface area (Å²) in [5.74, 6) is -41.9. The van der Waals surface area contributed by atoms with Crippen LogP contribution in [0.4, 0.5) is 92.2 Å². The number of nitrogens with zero attached hydrogens (tertiary/aromatic N) is 3. The Labute approximate surface area is 201 Å². The van der Waals surface area contributed by atoms with Crippen LogP contribution in [0.5, 0.6) is 0 Å². The van der Waals surface area contributed by atoms with Gasteiger partial charge in [-0.3, -0.25) is 0 Å². The van der Waals surface area contributed by atoms with Crippen LogP contribution in [-0.4, -0.2) is 39.0 Å². The van der Waals surface area contributed by atoms with Crippen LogP contribution in [0.1, 0.15) is 17.5 Å². The van der Waals surface area contributed by atoms with E-state index in [0.29, 0.717) is 0 Å². The first-order chi connectivity index (χ1) is 17.5. The number of halogens is 21. The maximum Gasteiger partial charge on any atom is 0.473 e. The molecule has 0 unspecified atom stereocenters. The lowest BCUT2D eigenvalue weighted by Gasteiger charge is -2.32. The molecule has 0 aromatic carbocycles. The fraction of sp³-hybridized carbons (Fsp3) is 0.500. The Morgan fingerprint density at radius 1 is 0.425 bits per heavy atom. The van der Waals surface area contributed by atoms with E-state index in [0.717, 1.165) is 0 Å². The average Bonchev–Trinajstić information content (AvgIpc) is 2.76. The van der Waals surface area contributed by atoms with Crippen molar-refractivity contribution < 1.29 is 102 Å². The molecule has 0 N–H and O–H groups in total. The van der Waals surface area contributed by atoms with Crippen LogP contribution in [0.3, 0.4) is 0 Å². The Morgan fingerprint density at radius 3 is 0.900 bits per heavy atom. The lowest BCUT2D eigenvalue weighted by molar-refractivity contribution is -0.400. The topological polar surface area (TPSA) is 57.1 Å². The molecule has 0 aliphatic carbocycles. The smallest absolute Gasteiger partial charge is 0.397 e. The number of aromatic nitrogens is 3. The van der Waals surface area contributed by atoms with E-state index in [-0.39, 0.29) is 0 Å². The van der Waals surface area contributed by atoms with E-state index in [1.807, 2.05) is 9.47 Å². The Balaban J connectivity index is 3.95. The molecule has 40 heavy (non-hydrogen) atoms. The van der Waals surface area contributed by atoms with Gasteiger partial charge in [0.2, 0.25) is 17.5 Å². The molecule has 0 aliphatic rings. The van der Waals surface area contributed by atoms with Crippen LogP contribution in [0.25, 0.3) is 0 Å². The van der Waals surface area contributed by atoms with Crippen molar-refractivity contribution in [1.82, 2.24) is 15.0 Å². The second-order valence-corrected chi connectivity index (χ2v) is 6.41. The zero-order chi connectivity index (χ0) is 32.1. The number of hydrogen-bond acceptors (Lipinski definition) is 5. The Bertz CT molecular complexity index is 1090. The summed E-state index contributed by atoms with van der Waals surface area (Å²) in [6.45, 7) is 0. The molecule has 0 saturated heterocycles. The molecule has 0 amide bonds. The first kappa shape index (κ1) is 34.6. The van der Waals surface area contributed by atoms with E-state index in [9.17, 15) is 92.2 Å². The maximum atomic E-state index is 14.1. The van der Waals surface area contributed by atoms with Gasteiger partial charge in [-0.05, 0) is 0 Å². The highest BCUT2D eigenvalue weighted by Gasteiger charge is 2.79. The molecule has 0 aliphatic heterocycles. The van der Waals surface area contributed by atoms with Crippen molar-refractivity contribution in [3.8, 4) is 0 Å². The standard InChI is InChI=1S/C14F21N3O2/c15-1(16)3(19)39-13(32,33)11(28,29)8(21,22)5-36-6(38-7(37-5)10(25,26)27)9(23,24)12(30,31)14(34,35)40-4(20)2(17)18. The molecule has 1 rings (SSSR count). The molecular weight excluding hydrogens is 641 g/mol. The normalized spacial score (nSPS) is 14.1. The van der Waals surface area contributed by atoms with Crippen molar-refractivity contribution in [2.75, 3.05) is 0 Å². The van der Waals surface area contributed by atoms with Crippen LogP contribution in [0.15, 0.2) is 24.2 Å². The maximum absolute atomic E-state index is 14.1. The van der Waals surface area contributed by atoms with E-state index < -0.39 is 83.7 Å². The largest absolute Gasteiger partial charge is 0.473 e. The summed E-state index contributed by atoms with van der Waals surface area (Å²) < 4.78 is 280. The summed E-state index contributed by atoms with van der Waals surface area (Å²) >= 11 is 0. The van der Waals surface area contributed by atoms with Crippen LogP contribution in [0.2, 0.25) is 0 Å². The van der Waals surface area contributed by atoms with Gasteiger partial charge >= 0.3 is 66.3 Å². The summed E-state index contributed by atoms with van der Waals surface area (Å²) in [6, 6.07) is -8.01. The van der Waals surface area contributed by atoms with Crippen molar-refractivity contribution in [3.63, 3.8) is 0 Å². The van der Waals surface area contributed by atoms with Crippen LogP contribution in [0, 0.1) is 0 Å². The number of ether oxygens (including phenoxy) is 2. The average molecular weight is 641 g/mol. The highest BCUT2D eigenvalue weighted by Crippen LogP contribution is 2.54. The molecule has 0 atom stereocenters. The van der Waals surface area contributed by atoms with Crippen LogP contribution >= 0.6 is 0 Å². The van der Waals surface area contributed by atoms with Gasteiger partial charge in [-0.1, -0.05) is 0 Å².